The first-order valence-corrected chi connectivity index (χ1v) is 9.34. The first-order valence-electron chi connectivity index (χ1n) is 7.86. The second-order valence-corrected chi connectivity index (χ2v) is 7.82. The summed E-state index contributed by atoms with van der Waals surface area (Å²) in [6.07, 6.45) is 3.99. The van der Waals surface area contributed by atoms with E-state index in [1.54, 1.807) is 24.1 Å². The Labute approximate surface area is 144 Å². The maximum atomic E-state index is 14.1. The van der Waals surface area contributed by atoms with Crippen molar-refractivity contribution in [2.24, 2.45) is 7.05 Å². The van der Waals surface area contributed by atoms with E-state index in [0.29, 0.717) is 25.5 Å². The van der Waals surface area contributed by atoms with Gasteiger partial charge in [0.05, 0.1) is 12.2 Å². The summed E-state index contributed by atoms with van der Waals surface area (Å²) < 4.78 is 62.7. The number of rotatable bonds is 4. The van der Waals surface area contributed by atoms with Crippen molar-refractivity contribution in [1.29, 1.82) is 0 Å². The van der Waals surface area contributed by atoms with E-state index in [-0.39, 0.29) is 5.56 Å². The molecular weight excluding hydrogens is 352 g/mol. The van der Waals surface area contributed by atoms with Crippen LogP contribution in [0.4, 0.5) is 8.78 Å². The third-order valence-electron chi connectivity index (χ3n) is 4.18. The number of nitrogens with zero attached hydrogens (tertiary/aromatic N) is 2. The maximum Gasteiger partial charge on any atom is 0.243 e. The Morgan fingerprint density at radius 3 is 2.76 bits per heavy atom. The predicted molar refractivity (Wildman–Crippen MR) is 86.3 cm³/mol. The molecule has 1 aromatic heterocycles. The minimum atomic E-state index is -4.24. The molecule has 2 atom stereocenters. The maximum absolute atomic E-state index is 14.1. The molecule has 1 N–H and O–H groups in total. The van der Waals surface area contributed by atoms with Crippen LogP contribution in [-0.4, -0.2) is 30.8 Å². The number of ether oxygens (including phenoxy) is 1. The zero-order valence-corrected chi connectivity index (χ0v) is 14.7. The molecule has 0 unspecified atom stereocenters. The Morgan fingerprint density at radius 1 is 1.32 bits per heavy atom. The summed E-state index contributed by atoms with van der Waals surface area (Å²) in [5.74, 6) is -1.76. The van der Waals surface area contributed by atoms with Gasteiger partial charge in [-0.25, -0.2) is 21.9 Å². The Hall–Kier alpha value is -1.84. The molecule has 1 aromatic carbocycles. The van der Waals surface area contributed by atoms with E-state index >= 15 is 0 Å². The van der Waals surface area contributed by atoms with Crippen molar-refractivity contribution in [3.8, 4) is 0 Å². The molecule has 1 aliphatic heterocycles. The van der Waals surface area contributed by atoms with Gasteiger partial charge in [-0.3, -0.25) is 4.68 Å². The molecule has 1 saturated heterocycles. The average Bonchev–Trinajstić information content (AvgIpc) is 2.97. The van der Waals surface area contributed by atoms with E-state index in [2.05, 4.69) is 9.82 Å². The molecule has 0 aliphatic carbocycles. The highest BCUT2D eigenvalue weighted by atomic mass is 32.2. The van der Waals surface area contributed by atoms with Gasteiger partial charge in [-0.1, -0.05) is 0 Å². The fraction of sp³-hybridized carbons (Fsp3) is 0.438. The van der Waals surface area contributed by atoms with Gasteiger partial charge in [-0.15, -0.1) is 0 Å². The van der Waals surface area contributed by atoms with E-state index in [1.807, 2.05) is 0 Å². The van der Waals surface area contributed by atoms with Crippen LogP contribution in [0.5, 0.6) is 0 Å². The SMILES string of the molecule is Cc1cc(F)c(S(=O)(=O)N[C@H]2CCCO[C@@H]2c2cnn(C)c2)cc1F. The number of halogens is 2. The van der Waals surface area contributed by atoms with E-state index in [4.69, 9.17) is 4.74 Å². The van der Waals surface area contributed by atoms with Crippen molar-refractivity contribution in [2.45, 2.75) is 36.8 Å². The lowest BCUT2D eigenvalue weighted by atomic mass is 9.99. The molecule has 0 radical (unpaired) electrons. The summed E-state index contributed by atoms with van der Waals surface area (Å²) in [5, 5.41) is 4.07. The quantitative estimate of drug-likeness (QED) is 0.894. The molecular formula is C16H19F2N3O3S. The Kier molecular flexibility index (Phi) is 4.90. The van der Waals surface area contributed by atoms with Gasteiger partial charge in [0.2, 0.25) is 10.0 Å². The minimum Gasteiger partial charge on any atom is -0.372 e. The first kappa shape index (κ1) is 18.0. The highest BCUT2D eigenvalue weighted by molar-refractivity contribution is 7.89. The molecule has 2 aromatic rings. The molecule has 9 heteroatoms. The summed E-state index contributed by atoms with van der Waals surface area (Å²) in [6, 6.07) is 0.988. The van der Waals surface area contributed by atoms with E-state index in [9.17, 15) is 17.2 Å². The fourth-order valence-electron chi connectivity index (χ4n) is 2.91. The molecule has 3 rings (SSSR count). The van der Waals surface area contributed by atoms with Crippen LogP contribution in [0, 0.1) is 18.6 Å². The zero-order valence-electron chi connectivity index (χ0n) is 13.9. The number of hydrogen-bond acceptors (Lipinski definition) is 4. The van der Waals surface area contributed by atoms with Crippen LogP contribution in [0.2, 0.25) is 0 Å². The summed E-state index contributed by atoms with van der Waals surface area (Å²) in [6.45, 7) is 1.86. The third kappa shape index (κ3) is 3.73. The molecule has 136 valence electrons. The monoisotopic (exact) mass is 371 g/mol. The van der Waals surface area contributed by atoms with Gasteiger partial charge in [-0.2, -0.15) is 5.10 Å². The van der Waals surface area contributed by atoms with Crippen molar-refractivity contribution in [1.82, 2.24) is 14.5 Å². The van der Waals surface area contributed by atoms with Crippen LogP contribution in [0.1, 0.15) is 30.1 Å². The van der Waals surface area contributed by atoms with Crippen molar-refractivity contribution in [2.75, 3.05) is 6.61 Å². The van der Waals surface area contributed by atoms with Crippen molar-refractivity contribution < 1.29 is 21.9 Å². The van der Waals surface area contributed by atoms with Gasteiger partial charge in [0.1, 0.15) is 22.6 Å². The average molecular weight is 371 g/mol. The molecule has 6 nitrogen and oxygen atoms in total. The van der Waals surface area contributed by atoms with Gasteiger partial charge in [0.25, 0.3) is 0 Å². The number of nitrogens with one attached hydrogen (secondary N) is 1. The smallest absolute Gasteiger partial charge is 0.243 e. The van der Waals surface area contributed by atoms with E-state index in [0.717, 1.165) is 11.6 Å². The van der Waals surface area contributed by atoms with Gasteiger partial charge in [0, 0.05) is 25.4 Å². The summed E-state index contributed by atoms with van der Waals surface area (Å²) in [5.41, 5.74) is 0.774. The zero-order chi connectivity index (χ0) is 18.2. The lowest BCUT2D eigenvalue weighted by molar-refractivity contribution is -0.00448. The third-order valence-corrected chi connectivity index (χ3v) is 5.69. The van der Waals surface area contributed by atoms with Crippen LogP contribution >= 0.6 is 0 Å². The number of sulfonamides is 1. The fourth-order valence-corrected chi connectivity index (χ4v) is 4.26. The second-order valence-electron chi connectivity index (χ2n) is 6.14. The van der Waals surface area contributed by atoms with Gasteiger partial charge >= 0.3 is 0 Å². The Balaban J connectivity index is 1.89. The van der Waals surface area contributed by atoms with Crippen molar-refractivity contribution in [3.63, 3.8) is 0 Å². The van der Waals surface area contributed by atoms with Crippen molar-refractivity contribution in [3.05, 3.63) is 47.3 Å². The number of aromatic nitrogens is 2. The number of hydrogen-bond donors (Lipinski definition) is 1. The molecule has 1 aliphatic rings. The van der Waals surface area contributed by atoms with Crippen LogP contribution in [0.3, 0.4) is 0 Å². The van der Waals surface area contributed by atoms with Crippen molar-refractivity contribution >= 4 is 10.0 Å². The highest BCUT2D eigenvalue weighted by Gasteiger charge is 2.33. The lowest BCUT2D eigenvalue weighted by Gasteiger charge is -2.31. The van der Waals surface area contributed by atoms with Crippen LogP contribution in [0.15, 0.2) is 29.4 Å². The molecule has 2 heterocycles. The summed E-state index contributed by atoms with van der Waals surface area (Å²) >= 11 is 0. The predicted octanol–water partition coefficient (Wildman–Crippen LogP) is 2.21. The normalized spacial score (nSPS) is 21.4. The molecule has 0 saturated carbocycles. The molecule has 0 bridgehead atoms. The molecule has 1 fully saturated rings. The minimum absolute atomic E-state index is 0.0469. The number of aryl methyl sites for hydroxylation is 2. The summed E-state index contributed by atoms with van der Waals surface area (Å²) in [7, 11) is -2.49. The standard InChI is InChI=1S/C16H19F2N3O3S/c1-10-6-13(18)15(7-12(10)17)25(22,23)20-14-4-3-5-24-16(14)11-8-19-21(2)9-11/h6-9,14,16,20H,3-5H2,1-2H3/t14-,16+/m0/s1. The Bertz CT molecular complexity index is 883. The first-order chi connectivity index (χ1) is 11.8. The van der Waals surface area contributed by atoms with Gasteiger partial charge < -0.3 is 4.74 Å². The highest BCUT2D eigenvalue weighted by Crippen LogP contribution is 2.30. The lowest BCUT2D eigenvalue weighted by Crippen LogP contribution is -2.42. The largest absolute Gasteiger partial charge is 0.372 e. The van der Waals surface area contributed by atoms with Gasteiger partial charge in [0.15, 0.2) is 0 Å². The number of benzene rings is 1. The molecule has 0 amide bonds. The van der Waals surface area contributed by atoms with Gasteiger partial charge in [-0.05, 0) is 37.5 Å². The van der Waals surface area contributed by atoms with Crippen LogP contribution in [0.25, 0.3) is 0 Å². The molecule has 0 spiro atoms. The topological polar surface area (TPSA) is 73.2 Å². The second kappa shape index (κ2) is 6.81. The summed E-state index contributed by atoms with van der Waals surface area (Å²) in [4.78, 5) is -0.703. The Morgan fingerprint density at radius 2 is 2.08 bits per heavy atom. The van der Waals surface area contributed by atoms with Crippen LogP contribution < -0.4 is 4.72 Å². The van der Waals surface area contributed by atoms with E-state index in [1.165, 1.54) is 6.92 Å². The van der Waals surface area contributed by atoms with Crippen LogP contribution in [-0.2, 0) is 21.8 Å². The molecule has 25 heavy (non-hydrogen) atoms. The van der Waals surface area contributed by atoms with E-state index < -0.39 is 38.7 Å².